The molecule has 4 nitrogen and oxygen atoms in total. The maximum Gasteiger partial charge on any atom is 0.185 e. The van der Waals surface area contributed by atoms with Gasteiger partial charge in [-0.1, -0.05) is 56.0 Å². The summed E-state index contributed by atoms with van der Waals surface area (Å²) in [5, 5.41) is 0. The van der Waals surface area contributed by atoms with E-state index in [-0.39, 0.29) is 29.7 Å². The summed E-state index contributed by atoms with van der Waals surface area (Å²) in [6.07, 6.45) is 8.41. The van der Waals surface area contributed by atoms with Crippen LogP contribution in [0.25, 0.3) is 0 Å². The van der Waals surface area contributed by atoms with Gasteiger partial charge in [-0.15, -0.1) is 0 Å². The summed E-state index contributed by atoms with van der Waals surface area (Å²) in [4.78, 5) is 0. The largest absolute Gasteiger partial charge is 0.375 e. The fraction of sp³-hybridized carbons (Fsp3) is 0.714. The molecule has 2 aliphatic carbocycles. The van der Waals surface area contributed by atoms with Gasteiger partial charge < -0.3 is 18.9 Å². The van der Waals surface area contributed by atoms with Gasteiger partial charge in [0.1, 0.15) is 12.2 Å². The van der Waals surface area contributed by atoms with Crippen LogP contribution in [-0.4, -0.2) is 37.6 Å². The van der Waals surface area contributed by atoms with E-state index in [0.717, 1.165) is 31.2 Å². The van der Waals surface area contributed by atoms with Gasteiger partial charge in [-0.3, -0.25) is 0 Å². The number of methoxy groups -OCH3 is 2. The summed E-state index contributed by atoms with van der Waals surface area (Å²) in [5.74, 6) is 0. The van der Waals surface area contributed by atoms with E-state index < -0.39 is 0 Å². The molecule has 0 radical (unpaired) electrons. The lowest BCUT2D eigenvalue weighted by Gasteiger charge is -2.42. The number of hydrogen-bond donors (Lipinski definition) is 0. The zero-order valence-corrected chi connectivity index (χ0v) is 15.4. The van der Waals surface area contributed by atoms with Crippen molar-refractivity contribution in [2.24, 2.45) is 0 Å². The second-order valence-electron chi connectivity index (χ2n) is 7.81. The molecular weight excluding hydrogens is 316 g/mol. The first-order valence-electron chi connectivity index (χ1n) is 9.69. The number of ether oxygens (including phenoxy) is 4. The highest BCUT2D eigenvalue weighted by Gasteiger charge is 2.59. The monoisotopic (exact) mass is 346 g/mol. The van der Waals surface area contributed by atoms with E-state index in [1.165, 1.54) is 25.7 Å². The molecule has 1 aliphatic heterocycles. The standard InChI is InChI=1S/C21H30O4/c1-22-20(12-6-7-13-20)17-18(21(23-2)14-8-9-15-21)25-19(24-17)16-10-4-3-5-11-16/h3-5,10-11,17-19H,6-9,12-15H2,1-2H3/t17-,18-/m1/s1. The van der Waals surface area contributed by atoms with Crippen LogP contribution in [-0.2, 0) is 18.9 Å². The minimum Gasteiger partial charge on any atom is -0.375 e. The van der Waals surface area contributed by atoms with E-state index in [1.54, 1.807) is 0 Å². The van der Waals surface area contributed by atoms with Gasteiger partial charge >= 0.3 is 0 Å². The van der Waals surface area contributed by atoms with E-state index in [4.69, 9.17) is 18.9 Å². The summed E-state index contributed by atoms with van der Waals surface area (Å²) in [6.45, 7) is 0. The Hall–Kier alpha value is -0.940. The minimum absolute atomic E-state index is 0.0803. The zero-order chi connectivity index (χ0) is 17.3. The number of hydrogen-bond acceptors (Lipinski definition) is 4. The zero-order valence-electron chi connectivity index (χ0n) is 15.4. The Bertz CT molecular complexity index is 529. The van der Waals surface area contributed by atoms with Gasteiger partial charge in [-0.25, -0.2) is 0 Å². The first-order valence-corrected chi connectivity index (χ1v) is 9.69. The maximum atomic E-state index is 6.55. The molecule has 0 N–H and O–H groups in total. The second kappa shape index (κ2) is 6.99. The highest BCUT2D eigenvalue weighted by Crippen LogP contribution is 2.51. The lowest BCUT2D eigenvalue weighted by molar-refractivity contribution is -0.153. The SMILES string of the molecule is COC1([C@@H]2OC(c3ccccc3)O[C@H]2C2(OC)CCCC2)CCCC1. The van der Waals surface area contributed by atoms with Crippen molar-refractivity contribution in [3.05, 3.63) is 35.9 Å². The second-order valence-corrected chi connectivity index (χ2v) is 7.81. The highest BCUT2D eigenvalue weighted by atomic mass is 16.7. The van der Waals surface area contributed by atoms with Gasteiger partial charge in [0, 0.05) is 19.8 Å². The Balaban J connectivity index is 1.68. The molecule has 1 heterocycles. The van der Waals surface area contributed by atoms with Crippen LogP contribution >= 0.6 is 0 Å². The van der Waals surface area contributed by atoms with Gasteiger partial charge in [0.15, 0.2) is 6.29 Å². The van der Waals surface area contributed by atoms with Gasteiger partial charge in [-0.2, -0.15) is 0 Å². The molecule has 1 aromatic carbocycles. The third-order valence-corrected chi connectivity index (χ3v) is 6.64. The molecule has 4 rings (SSSR count). The van der Waals surface area contributed by atoms with Gasteiger partial charge in [0.25, 0.3) is 0 Å². The van der Waals surface area contributed by atoms with E-state index in [1.807, 2.05) is 32.4 Å². The summed E-state index contributed by atoms with van der Waals surface area (Å²) >= 11 is 0. The van der Waals surface area contributed by atoms with Crippen LogP contribution in [0.3, 0.4) is 0 Å². The Labute approximate surface area is 150 Å². The van der Waals surface area contributed by atoms with Crippen LogP contribution in [0.4, 0.5) is 0 Å². The van der Waals surface area contributed by atoms with Crippen molar-refractivity contribution < 1.29 is 18.9 Å². The van der Waals surface area contributed by atoms with Crippen LogP contribution in [0.5, 0.6) is 0 Å². The van der Waals surface area contributed by atoms with E-state index in [9.17, 15) is 0 Å². The molecule has 0 unspecified atom stereocenters. The van der Waals surface area contributed by atoms with E-state index in [0.29, 0.717) is 0 Å². The van der Waals surface area contributed by atoms with Crippen molar-refractivity contribution in [2.45, 2.75) is 81.1 Å². The van der Waals surface area contributed by atoms with Crippen LogP contribution in [0.15, 0.2) is 30.3 Å². The Morgan fingerprint density at radius 1 is 0.760 bits per heavy atom. The van der Waals surface area contributed by atoms with Crippen molar-refractivity contribution >= 4 is 0 Å². The predicted molar refractivity (Wildman–Crippen MR) is 95.3 cm³/mol. The molecule has 25 heavy (non-hydrogen) atoms. The molecule has 0 spiro atoms. The summed E-state index contributed by atoms with van der Waals surface area (Å²) in [5.41, 5.74) is 0.577. The fourth-order valence-corrected chi connectivity index (χ4v) is 5.16. The molecule has 0 bridgehead atoms. The third kappa shape index (κ3) is 2.93. The topological polar surface area (TPSA) is 36.9 Å². The average Bonchev–Trinajstić information content (AvgIpc) is 3.41. The summed E-state index contributed by atoms with van der Waals surface area (Å²) < 4.78 is 25.3. The molecule has 138 valence electrons. The molecule has 3 aliphatic rings. The first kappa shape index (κ1) is 17.5. The predicted octanol–water partition coefficient (Wildman–Crippen LogP) is 4.39. The number of benzene rings is 1. The van der Waals surface area contributed by atoms with Crippen LogP contribution in [0, 0.1) is 0 Å². The Morgan fingerprint density at radius 2 is 1.20 bits per heavy atom. The molecule has 0 amide bonds. The highest BCUT2D eigenvalue weighted by molar-refractivity contribution is 5.18. The Kier molecular flexibility index (Phi) is 4.89. The smallest absolute Gasteiger partial charge is 0.185 e. The van der Waals surface area contributed by atoms with E-state index in [2.05, 4.69) is 12.1 Å². The molecular formula is C21H30O4. The molecule has 0 aromatic heterocycles. The van der Waals surface area contributed by atoms with Crippen LogP contribution in [0.2, 0.25) is 0 Å². The minimum atomic E-state index is -0.337. The molecule has 3 fully saturated rings. The summed E-state index contributed by atoms with van der Waals surface area (Å²) in [7, 11) is 3.66. The molecule has 2 atom stereocenters. The molecule has 1 aromatic rings. The Morgan fingerprint density at radius 3 is 1.60 bits per heavy atom. The van der Waals surface area contributed by atoms with Crippen molar-refractivity contribution in [1.29, 1.82) is 0 Å². The maximum absolute atomic E-state index is 6.55. The lowest BCUT2D eigenvalue weighted by atomic mass is 9.81. The van der Waals surface area contributed by atoms with Crippen LogP contribution < -0.4 is 0 Å². The fourth-order valence-electron chi connectivity index (χ4n) is 5.16. The molecule has 4 heteroatoms. The normalized spacial score (nSPS) is 31.6. The molecule has 1 saturated heterocycles. The van der Waals surface area contributed by atoms with Crippen molar-refractivity contribution in [3.63, 3.8) is 0 Å². The molecule has 2 saturated carbocycles. The van der Waals surface area contributed by atoms with Crippen molar-refractivity contribution in [2.75, 3.05) is 14.2 Å². The van der Waals surface area contributed by atoms with E-state index >= 15 is 0 Å². The average molecular weight is 346 g/mol. The summed E-state index contributed by atoms with van der Waals surface area (Å²) in [6, 6.07) is 10.2. The number of rotatable bonds is 5. The van der Waals surface area contributed by atoms with Gasteiger partial charge in [-0.05, 0) is 25.7 Å². The van der Waals surface area contributed by atoms with Crippen LogP contribution in [0.1, 0.15) is 63.2 Å². The lowest BCUT2D eigenvalue weighted by Crippen LogP contribution is -2.56. The van der Waals surface area contributed by atoms with Gasteiger partial charge in [0.2, 0.25) is 0 Å². The van der Waals surface area contributed by atoms with Gasteiger partial charge in [0.05, 0.1) is 11.2 Å². The quantitative estimate of drug-likeness (QED) is 0.792. The van der Waals surface area contributed by atoms with Crippen molar-refractivity contribution in [1.82, 2.24) is 0 Å². The first-order chi connectivity index (χ1) is 12.2. The third-order valence-electron chi connectivity index (χ3n) is 6.64. The van der Waals surface area contributed by atoms with Crippen molar-refractivity contribution in [3.8, 4) is 0 Å².